The smallest absolute Gasteiger partial charge is 0.323 e. The van der Waals surface area contributed by atoms with Gasteiger partial charge >= 0.3 is 6.01 Å². The van der Waals surface area contributed by atoms with Crippen LogP contribution in [0.1, 0.15) is 27.2 Å². The van der Waals surface area contributed by atoms with Crippen molar-refractivity contribution in [3.63, 3.8) is 0 Å². The maximum absolute atomic E-state index is 8.86. The van der Waals surface area contributed by atoms with Crippen LogP contribution in [0, 0.1) is 0 Å². The molecule has 0 radical (unpaired) electrons. The molecule has 1 unspecified atom stereocenters. The van der Waals surface area contributed by atoms with Crippen LogP contribution in [-0.2, 0) is 0 Å². The van der Waals surface area contributed by atoms with Crippen molar-refractivity contribution >= 4 is 11.9 Å². The molecule has 0 spiro atoms. The van der Waals surface area contributed by atoms with Gasteiger partial charge in [0.2, 0.25) is 11.9 Å². The summed E-state index contributed by atoms with van der Waals surface area (Å²) in [5.74, 6) is 0.880. The van der Waals surface area contributed by atoms with E-state index in [1.807, 2.05) is 20.8 Å². The van der Waals surface area contributed by atoms with Gasteiger partial charge in [-0.3, -0.25) is 0 Å². The molecule has 102 valence electrons. The summed E-state index contributed by atoms with van der Waals surface area (Å²) in [5, 5.41) is 14.8. The Hall–Kier alpha value is -1.63. The molecule has 0 fully saturated rings. The number of aromatic nitrogens is 3. The molecule has 0 amide bonds. The van der Waals surface area contributed by atoms with Gasteiger partial charge in [-0.25, -0.2) is 0 Å². The Morgan fingerprint density at radius 3 is 2.39 bits per heavy atom. The minimum absolute atomic E-state index is 0.000165. The molecule has 7 nitrogen and oxygen atoms in total. The van der Waals surface area contributed by atoms with E-state index in [0.29, 0.717) is 18.3 Å². The SMILES string of the molecule is CNc1nc(NC(C)CCO)nc(OC(C)C)n1. The van der Waals surface area contributed by atoms with Gasteiger partial charge in [-0.15, -0.1) is 0 Å². The molecule has 1 aromatic heterocycles. The summed E-state index contributed by atoms with van der Waals surface area (Å²) in [7, 11) is 1.73. The number of hydrogen-bond donors (Lipinski definition) is 3. The molecule has 1 atom stereocenters. The van der Waals surface area contributed by atoms with Crippen molar-refractivity contribution in [3.05, 3.63) is 0 Å². The highest BCUT2D eigenvalue weighted by atomic mass is 16.5. The molecule has 1 rings (SSSR count). The first-order valence-electron chi connectivity index (χ1n) is 6.03. The maximum atomic E-state index is 8.86. The fourth-order valence-electron chi connectivity index (χ4n) is 1.28. The van der Waals surface area contributed by atoms with Crippen LogP contribution in [0.15, 0.2) is 0 Å². The Kier molecular flexibility index (Phi) is 5.57. The van der Waals surface area contributed by atoms with Crippen LogP contribution in [0.4, 0.5) is 11.9 Å². The normalized spacial score (nSPS) is 12.3. The van der Waals surface area contributed by atoms with E-state index in [-0.39, 0.29) is 24.8 Å². The number of aliphatic hydroxyl groups is 1. The second kappa shape index (κ2) is 6.95. The number of aliphatic hydroxyl groups excluding tert-OH is 1. The van der Waals surface area contributed by atoms with Crippen molar-refractivity contribution in [1.29, 1.82) is 0 Å². The number of ether oxygens (including phenoxy) is 1. The molecule has 0 saturated heterocycles. The van der Waals surface area contributed by atoms with E-state index >= 15 is 0 Å². The van der Waals surface area contributed by atoms with Crippen LogP contribution in [0.25, 0.3) is 0 Å². The van der Waals surface area contributed by atoms with Gasteiger partial charge in [0.25, 0.3) is 0 Å². The van der Waals surface area contributed by atoms with Crippen LogP contribution in [0.5, 0.6) is 6.01 Å². The average molecular weight is 255 g/mol. The summed E-state index contributed by atoms with van der Waals surface area (Å²) in [6, 6.07) is 0.358. The lowest BCUT2D eigenvalue weighted by Gasteiger charge is -2.14. The molecule has 7 heteroatoms. The quantitative estimate of drug-likeness (QED) is 0.666. The number of nitrogens with one attached hydrogen (secondary N) is 2. The Balaban J connectivity index is 2.82. The van der Waals surface area contributed by atoms with Crippen molar-refractivity contribution in [2.75, 3.05) is 24.3 Å². The van der Waals surface area contributed by atoms with E-state index in [4.69, 9.17) is 9.84 Å². The topological polar surface area (TPSA) is 92.2 Å². The molecule has 0 aliphatic rings. The van der Waals surface area contributed by atoms with E-state index in [1.54, 1.807) is 7.05 Å². The zero-order chi connectivity index (χ0) is 13.5. The predicted octanol–water partition coefficient (Wildman–Crippen LogP) is 0.883. The van der Waals surface area contributed by atoms with Gasteiger partial charge in [-0.05, 0) is 27.2 Å². The Bertz CT molecular complexity index is 372. The first kappa shape index (κ1) is 14.4. The van der Waals surface area contributed by atoms with Gasteiger partial charge in [-0.1, -0.05) is 0 Å². The first-order valence-corrected chi connectivity index (χ1v) is 6.03. The fraction of sp³-hybridized carbons (Fsp3) is 0.727. The third kappa shape index (κ3) is 4.70. The number of nitrogens with zero attached hydrogens (tertiary/aromatic N) is 3. The van der Waals surface area contributed by atoms with Gasteiger partial charge in [0, 0.05) is 19.7 Å². The largest absolute Gasteiger partial charge is 0.461 e. The lowest BCUT2D eigenvalue weighted by molar-refractivity contribution is 0.222. The Labute approximate surface area is 107 Å². The van der Waals surface area contributed by atoms with Crippen LogP contribution < -0.4 is 15.4 Å². The van der Waals surface area contributed by atoms with Crippen molar-refractivity contribution < 1.29 is 9.84 Å². The molecule has 18 heavy (non-hydrogen) atoms. The van der Waals surface area contributed by atoms with Crippen LogP contribution in [0.3, 0.4) is 0 Å². The summed E-state index contributed by atoms with van der Waals surface area (Å²) in [6.45, 7) is 5.88. The van der Waals surface area contributed by atoms with Gasteiger partial charge in [0.05, 0.1) is 6.10 Å². The molecule has 0 saturated carbocycles. The summed E-state index contributed by atoms with van der Waals surface area (Å²) in [6.07, 6.45) is 0.626. The monoisotopic (exact) mass is 255 g/mol. The number of anilines is 2. The van der Waals surface area contributed by atoms with Crippen molar-refractivity contribution in [1.82, 2.24) is 15.0 Å². The van der Waals surface area contributed by atoms with E-state index in [1.165, 1.54) is 0 Å². The van der Waals surface area contributed by atoms with Crippen LogP contribution >= 0.6 is 0 Å². The highest BCUT2D eigenvalue weighted by Gasteiger charge is 2.10. The van der Waals surface area contributed by atoms with Crippen LogP contribution in [-0.4, -0.2) is 45.9 Å². The summed E-state index contributed by atoms with van der Waals surface area (Å²) in [5.41, 5.74) is 0. The van der Waals surface area contributed by atoms with E-state index in [0.717, 1.165) is 0 Å². The lowest BCUT2D eigenvalue weighted by Crippen LogP contribution is -2.20. The third-order valence-electron chi connectivity index (χ3n) is 2.12. The lowest BCUT2D eigenvalue weighted by atomic mass is 10.2. The molecule has 0 aromatic carbocycles. The van der Waals surface area contributed by atoms with E-state index in [9.17, 15) is 0 Å². The van der Waals surface area contributed by atoms with Gasteiger partial charge in [0.15, 0.2) is 0 Å². The van der Waals surface area contributed by atoms with Crippen molar-refractivity contribution in [3.8, 4) is 6.01 Å². The van der Waals surface area contributed by atoms with Crippen molar-refractivity contribution in [2.24, 2.45) is 0 Å². The Morgan fingerprint density at radius 1 is 1.17 bits per heavy atom. The molecular formula is C11H21N5O2. The number of rotatable bonds is 7. The minimum Gasteiger partial charge on any atom is -0.461 e. The second-order valence-electron chi connectivity index (χ2n) is 4.24. The van der Waals surface area contributed by atoms with Crippen LogP contribution in [0.2, 0.25) is 0 Å². The molecule has 0 aliphatic heterocycles. The van der Waals surface area contributed by atoms with E-state index < -0.39 is 0 Å². The second-order valence-corrected chi connectivity index (χ2v) is 4.24. The molecule has 0 aliphatic carbocycles. The first-order chi connectivity index (χ1) is 8.55. The summed E-state index contributed by atoms with van der Waals surface area (Å²) in [4.78, 5) is 12.4. The highest BCUT2D eigenvalue weighted by Crippen LogP contribution is 2.13. The maximum Gasteiger partial charge on any atom is 0.323 e. The van der Waals surface area contributed by atoms with Gasteiger partial charge in [-0.2, -0.15) is 15.0 Å². The summed E-state index contributed by atoms with van der Waals surface area (Å²) < 4.78 is 5.45. The average Bonchev–Trinajstić information content (AvgIpc) is 2.27. The summed E-state index contributed by atoms with van der Waals surface area (Å²) >= 11 is 0. The molecule has 0 bridgehead atoms. The molecular weight excluding hydrogens is 234 g/mol. The third-order valence-corrected chi connectivity index (χ3v) is 2.12. The molecule has 1 heterocycles. The fourth-order valence-corrected chi connectivity index (χ4v) is 1.28. The standard InChI is InChI=1S/C11H21N5O2/c1-7(2)18-11-15-9(12-4)14-10(16-11)13-8(3)5-6-17/h7-8,17H,5-6H2,1-4H3,(H2,12,13,14,15,16). The molecule has 1 aromatic rings. The zero-order valence-electron chi connectivity index (χ0n) is 11.3. The zero-order valence-corrected chi connectivity index (χ0v) is 11.3. The minimum atomic E-state index is -0.000165. The highest BCUT2D eigenvalue weighted by molar-refractivity contribution is 5.35. The van der Waals surface area contributed by atoms with E-state index in [2.05, 4.69) is 25.6 Å². The van der Waals surface area contributed by atoms with Gasteiger partial charge < -0.3 is 20.5 Å². The van der Waals surface area contributed by atoms with Crippen molar-refractivity contribution in [2.45, 2.75) is 39.3 Å². The molecule has 3 N–H and O–H groups in total. The van der Waals surface area contributed by atoms with Gasteiger partial charge in [0.1, 0.15) is 0 Å². The predicted molar refractivity (Wildman–Crippen MR) is 69.9 cm³/mol. The number of hydrogen-bond acceptors (Lipinski definition) is 7. The Morgan fingerprint density at radius 2 is 1.83 bits per heavy atom.